The topological polar surface area (TPSA) is 129 Å². The molecule has 0 saturated carbocycles. The standard InChI is InChI=1S/C28H34N6O6/c1-28(2,3)40-27(36)33-13-15-38-19(17-33)9-14-39-21-8-7-20-22(23(21)37-4)31-26(34-12-11-30-24(20)34)32-25(35)18-6-5-10-29-16-18/h5-8,10,16,19,30H,9,11-15,17H2,1-4H3. The van der Waals surface area contributed by atoms with Crippen molar-refractivity contribution < 1.29 is 28.5 Å². The Balaban J connectivity index is 1.35. The van der Waals surface area contributed by atoms with Crippen LogP contribution in [0.1, 0.15) is 37.6 Å². The molecule has 2 aromatic heterocycles. The SMILES string of the molecule is COc1c(OCCC2CN(C(=O)OC(C)(C)C)CCO2)ccc2c3n(c(=NC(=O)c4cccnc4)nc12)CCN3. The molecule has 1 fully saturated rings. The molecule has 2 amide bonds. The van der Waals surface area contributed by atoms with Crippen LogP contribution in [0.2, 0.25) is 0 Å². The van der Waals surface area contributed by atoms with Crippen molar-refractivity contribution in [2.24, 2.45) is 4.99 Å². The van der Waals surface area contributed by atoms with E-state index in [0.29, 0.717) is 68.4 Å². The number of ether oxygens (including phenoxy) is 4. The van der Waals surface area contributed by atoms with E-state index in [1.165, 1.54) is 6.20 Å². The molecular weight excluding hydrogens is 516 g/mol. The van der Waals surface area contributed by atoms with Crippen molar-refractivity contribution in [3.63, 3.8) is 0 Å². The van der Waals surface area contributed by atoms with Crippen molar-refractivity contribution in [2.75, 3.05) is 45.3 Å². The van der Waals surface area contributed by atoms with Crippen LogP contribution in [0.15, 0.2) is 41.7 Å². The lowest BCUT2D eigenvalue weighted by atomic mass is 10.2. The third kappa shape index (κ3) is 6.01. The largest absolute Gasteiger partial charge is 0.491 e. The van der Waals surface area contributed by atoms with Crippen molar-refractivity contribution >= 4 is 28.7 Å². The van der Waals surface area contributed by atoms with Gasteiger partial charge in [0, 0.05) is 43.8 Å². The number of morpholine rings is 1. The highest BCUT2D eigenvalue weighted by Crippen LogP contribution is 2.37. The summed E-state index contributed by atoms with van der Waals surface area (Å²) in [6, 6.07) is 7.11. The number of hydrogen-bond donors (Lipinski definition) is 1. The van der Waals surface area contributed by atoms with Gasteiger partial charge in [-0.3, -0.25) is 14.3 Å². The molecule has 1 N–H and O–H groups in total. The van der Waals surface area contributed by atoms with Gasteiger partial charge in [-0.2, -0.15) is 4.99 Å². The van der Waals surface area contributed by atoms with Crippen molar-refractivity contribution in [1.29, 1.82) is 0 Å². The first kappa shape index (κ1) is 27.4. The van der Waals surface area contributed by atoms with Gasteiger partial charge in [0.25, 0.3) is 5.91 Å². The molecule has 0 spiro atoms. The number of rotatable bonds is 6. The zero-order valence-electron chi connectivity index (χ0n) is 23.2. The second kappa shape index (κ2) is 11.5. The lowest BCUT2D eigenvalue weighted by Crippen LogP contribution is -2.47. The molecule has 3 aromatic rings. The first-order valence-corrected chi connectivity index (χ1v) is 13.3. The number of carbonyl (C=O) groups excluding carboxylic acids is 2. The molecule has 0 aliphatic carbocycles. The van der Waals surface area contributed by atoms with Gasteiger partial charge in [0.2, 0.25) is 5.62 Å². The van der Waals surface area contributed by atoms with Gasteiger partial charge in [0.1, 0.15) is 16.9 Å². The van der Waals surface area contributed by atoms with Crippen LogP contribution in [0.5, 0.6) is 11.5 Å². The van der Waals surface area contributed by atoms with Crippen LogP contribution >= 0.6 is 0 Å². The molecule has 1 aromatic carbocycles. The first-order chi connectivity index (χ1) is 19.2. The number of amides is 2. The summed E-state index contributed by atoms with van der Waals surface area (Å²) in [7, 11) is 1.55. The average Bonchev–Trinajstić information content (AvgIpc) is 3.43. The van der Waals surface area contributed by atoms with Gasteiger partial charge in [-0.1, -0.05) is 0 Å². The molecule has 40 heavy (non-hydrogen) atoms. The van der Waals surface area contributed by atoms with E-state index in [2.05, 4.69) is 15.3 Å². The summed E-state index contributed by atoms with van der Waals surface area (Å²) in [6.07, 6.45) is 3.12. The van der Waals surface area contributed by atoms with E-state index in [0.717, 1.165) is 11.2 Å². The van der Waals surface area contributed by atoms with Crippen LogP contribution in [-0.4, -0.2) is 83.1 Å². The van der Waals surface area contributed by atoms with E-state index in [1.54, 1.807) is 30.3 Å². The van der Waals surface area contributed by atoms with Crippen LogP contribution in [0.25, 0.3) is 10.9 Å². The molecule has 1 unspecified atom stereocenters. The summed E-state index contributed by atoms with van der Waals surface area (Å²) in [6.45, 7) is 8.55. The summed E-state index contributed by atoms with van der Waals surface area (Å²) >= 11 is 0. The van der Waals surface area contributed by atoms with Crippen LogP contribution in [0.4, 0.5) is 10.6 Å². The van der Waals surface area contributed by atoms with Crippen LogP contribution in [0.3, 0.4) is 0 Å². The zero-order valence-corrected chi connectivity index (χ0v) is 23.2. The molecule has 5 rings (SSSR count). The maximum Gasteiger partial charge on any atom is 0.410 e. The summed E-state index contributed by atoms with van der Waals surface area (Å²) in [4.78, 5) is 40.0. The highest BCUT2D eigenvalue weighted by molar-refractivity contribution is 5.96. The van der Waals surface area contributed by atoms with Crippen molar-refractivity contribution in [3.8, 4) is 11.5 Å². The van der Waals surface area contributed by atoms with Crippen LogP contribution in [0, 0.1) is 0 Å². The molecule has 2 aliphatic rings. The molecule has 212 valence electrons. The van der Waals surface area contributed by atoms with Gasteiger partial charge in [-0.05, 0) is 45.0 Å². The maximum atomic E-state index is 12.8. The maximum absolute atomic E-state index is 12.8. The number of anilines is 1. The van der Waals surface area contributed by atoms with E-state index < -0.39 is 11.5 Å². The summed E-state index contributed by atoms with van der Waals surface area (Å²) in [5.41, 5.74) is 0.629. The Bertz CT molecular complexity index is 1470. The third-order valence-corrected chi connectivity index (χ3v) is 6.50. The van der Waals surface area contributed by atoms with Gasteiger partial charge in [0.05, 0.1) is 38.5 Å². The molecule has 0 radical (unpaired) electrons. The predicted octanol–water partition coefficient (Wildman–Crippen LogP) is 3.01. The number of nitrogens with zero attached hydrogens (tertiary/aromatic N) is 5. The molecule has 12 heteroatoms. The fraction of sp³-hybridized carbons (Fsp3) is 0.464. The van der Waals surface area contributed by atoms with Crippen LogP contribution in [-0.2, 0) is 16.0 Å². The lowest BCUT2D eigenvalue weighted by Gasteiger charge is -2.34. The highest BCUT2D eigenvalue weighted by atomic mass is 16.6. The number of nitrogens with one attached hydrogen (secondary N) is 1. The Kier molecular flexibility index (Phi) is 7.88. The minimum Gasteiger partial charge on any atom is -0.491 e. The number of hydrogen-bond acceptors (Lipinski definition) is 9. The summed E-state index contributed by atoms with van der Waals surface area (Å²) < 4.78 is 25.1. The fourth-order valence-corrected chi connectivity index (χ4v) is 4.68. The Hall–Kier alpha value is -4.19. The number of aromatic nitrogens is 3. The third-order valence-electron chi connectivity index (χ3n) is 6.50. The van der Waals surface area contributed by atoms with Gasteiger partial charge in [-0.25, -0.2) is 9.78 Å². The fourth-order valence-electron chi connectivity index (χ4n) is 4.68. The van der Waals surface area contributed by atoms with E-state index in [9.17, 15) is 9.59 Å². The molecule has 1 saturated heterocycles. The number of carbonyl (C=O) groups is 2. The second-order valence-corrected chi connectivity index (χ2v) is 10.5. The number of pyridine rings is 1. The van der Waals surface area contributed by atoms with Gasteiger partial charge >= 0.3 is 6.09 Å². The van der Waals surface area contributed by atoms with E-state index in [4.69, 9.17) is 23.9 Å². The van der Waals surface area contributed by atoms with Gasteiger partial charge in [-0.15, -0.1) is 0 Å². The molecule has 4 heterocycles. The van der Waals surface area contributed by atoms with Crippen molar-refractivity contribution in [2.45, 2.75) is 45.4 Å². The molecule has 2 aliphatic heterocycles. The van der Waals surface area contributed by atoms with Gasteiger partial charge in [0.15, 0.2) is 11.5 Å². The normalized spacial score (nSPS) is 17.4. The smallest absolute Gasteiger partial charge is 0.410 e. The van der Waals surface area contributed by atoms with Crippen molar-refractivity contribution in [1.82, 2.24) is 19.4 Å². The van der Waals surface area contributed by atoms with E-state index >= 15 is 0 Å². The number of fused-ring (bicyclic) bond motifs is 3. The Morgan fingerprint density at radius 2 is 2.08 bits per heavy atom. The summed E-state index contributed by atoms with van der Waals surface area (Å²) in [5.74, 6) is 1.33. The predicted molar refractivity (Wildman–Crippen MR) is 147 cm³/mol. The average molecular weight is 551 g/mol. The molecule has 0 bridgehead atoms. The van der Waals surface area contributed by atoms with E-state index in [-0.39, 0.29) is 17.8 Å². The minimum atomic E-state index is -0.554. The number of benzene rings is 1. The van der Waals surface area contributed by atoms with E-state index in [1.807, 2.05) is 37.5 Å². The second-order valence-electron chi connectivity index (χ2n) is 10.5. The monoisotopic (exact) mass is 550 g/mol. The quantitative estimate of drug-likeness (QED) is 0.492. The first-order valence-electron chi connectivity index (χ1n) is 13.3. The Morgan fingerprint density at radius 1 is 1.23 bits per heavy atom. The van der Waals surface area contributed by atoms with Gasteiger partial charge < -0.3 is 29.2 Å². The Labute approximate surface area is 231 Å². The Morgan fingerprint density at radius 3 is 2.83 bits per heavy atom. The van der Waals surface area contributed by atoms with Crippen molar-refractivity contribution in [3.05, 3.63) is 47.8 Å². The lowest BCUT2D eigenvalue weighted by molar-refractivity contribution is -0.0477. The molecular formula is C28H34N6O6. The zero-order chi connectivity index (χ0) is 28.3. The minimum absolute atomic E-state index is 0.182. The highest BCUT2D eigenvalue weighted by Gasteiger charge is 2.28. The number of methoxy groups -OCH3 is 1. The summed E-state index contributed by atoms with van der Waals surface area (Å²) in [5, 5.41) is 4.20. The molecule has 12 nitrogen and oxygen atoms in total. The van der Waals surface area contributed by atoms with Crippen LogP contribution < -0.4 is 20.4 Å². The molecule has 1 atom stereocenters.